The van der Waals surface area contributed by atoms with Gasteiger partial charge in [-0.3, -0.25) is 14.7 Å². The molecule has 1 aliphatic rings. The number of carbonyl (C=O) groups excluding carboxylic acids is 1. The second-order valence-electron chi connectivity index (χ2n) is 10.4. The predicted octanol–water partition coefficient (Wildman–Crippen LogP) is 7.17. The Morgan fingerprint density at radius 1 is 1.00 bits per heavy atom. The number of fused-ring (bicyclic) bond motifs is 1. The van der Waals surface area contributed by atoms with Gasteiger partial charge < -0.3 is 15.0 Å². The maximum atomic E-state index is 14.0. The third-order valence-corrected chi connectivity index (χ3v) is 8.17. The van der Waals surface area contributed by atoms with Gasteiger partial charge in [0, 0.05) is 68.0 Å². The molecule has 11 heteroatoms. The number of nitrogens with zero attached hydrogens (tertiary/aromatic N) is 4. The Bertz CT molecular complexity index is 1750. The summed E-state index contributed by atoms with van der Waals surface area (Å²) in [6, 6.07) is 18.0. The number of nitrogens with one attached hydrogen (secondary N) is 1. The van der Waals surface area contributed by atoms with Crippen molar-refractivity contribution in [2.24, 2.45) is 0 Å². The molecule has 0 saturated carbocycles. The fourth-order valence-electron chi connectivity index (χ4n) is 5.01. The highest BCUT2D eigenvalue weighted by atomic mass is 32.1. The van der Waals surface area contributed by atoms with E-state index in [1.807, 2.05) is 41.6 Å². The molecule has 220 valence electrons. The van der Waals surface area contributed by atoms with Gasteiger partial charge in [-0.2, -0.15) is 13.2 Å². The smallest absolute Gasteiger partial charge is 0.416 e. The summed E-state index contributed by atoms with van der Waals surface area (Å²) >= 11 is 1.49. The van der Waals surface area contributed by atoms with Crippen LogP contribution in [0.2, 0.25) is 0 Å². The maximum Gasteiger partial charge on any atom is 0.416 e. The number of hydrogen-bond donors (Lipinski definition) is 1. The van der Waals surface area contributed by atoms with Gasteiger partial charge >= 0.3 is 6.18 Å². The van der Waals surface area contributed by atoms with Gasteiger partial charge in [-0.25, -0.2) is 4.98 Å². The van der Waals surface area contributed by atoms with E-state index in [2.05, 4.69) is 15.2 Å². The van der Waals surface area contributed by atoms with Crippen LogP contribution in [0.3, 0.4) is 0 Å². The summed E-state index contributed by atoms with van der Waals surface area (Å²) in [5.41, 5.74) is 1.37. The van der Waals surface area contributed by atoms with Crippen molar-refractivity contribution in [1.82, 2.24) is 19.8 Å². The van der Waals surface area contributed by atoms with Crippen molar-refractivity contribution in [2.75, 3.05) is 38.5 Å². The first-order chi connectivity index (χ1) is 20.7. The third-order valence-electron chi connectivity index (χ3n) is 7.36. The molecule has 43 heavy (non-hydrogen) atoms. The first kappa shape index (κ1) is 28.8. The van der Waals surface area contributed by atoms with Gasteiger partial charge in [-0.1, -0.05) is 12.1 Å². The van der Waals surface area contributed by atoms with Crippen LogP contribution in [0.25, 0.3) is 21.5 Å². The van der Waals surface area contributed by atoms with Crippen LogP contribution in [0.5, 0.6) is 11.5 Å². The molecule has 1 amide bonds. The van der Waals surface area contributed by atoms with Gasteiger partial charge in [0.2, 0.25) is 0 Å². The Kier molecular flexibility index (Phi) is 8.11. The van der Waals surface area contributed by atoms with E-state index in [-0.39, 0.29) is 23.4 Å². The minimum absolute atomic E-state index is 0.0712. The summed E-state index contributed by atoms with van der Waals surface area (Å²) < 4.78 is 48.3. The van der Waals surface area contributed by atoms with E-state index in [9.17, 15) is 18.0 Å². The van der Waals surface area contributed by atoms with E-state index in [4.69, 9.17) is 9.72 Å². The Labute approximate surface area is 250 Å². The number of aromatic nitrogens is 2. The molecule has 0 bridgehead atoms. The van der Waals surface area contributed by atoms with E-state index in [1.165, 1.54) is 23.5 Å². The molecule has 0 unspecified atom stereocenters. The molecule has 3 aromatic heterocycles. The summed E-state index contributed by atoms with van der Waals surface area (Å²) in [5, 5.41) is 5.38. The fourth-order valence-corrected chi connectivity index (χ4v) is 5.79. The molecular formula is C32H28F3N5O2S. The number of rotatable bonds is 7. The van der Waals surface area contributed by atoms with Crippen molar-refractivity contribution in [3.63, 3.8) is 0 Å². The van der Waals surface area contributed by atoms with Crippen LogP contribution in [-0.2, 0) is 12.7 Å². The van der Waals surface area contributed by atoms with Crippen molar-refractivity contribution in [2.45, 2.75) is 12.7 Å². The van der Waals surface area contributed by atoms with Crippen molar-refractivity contribution < 1.29 is 22.7 Å². The van der Waals surface area contributed by atoms with Gasteiger partial charge in [0.25, 0.3) is 5.91 Å². The monoisotopic (exact) mass is 603 g/mol. The number of pyridine rings is 2. The van der Waals surface area contributed by atoms with Gasteiger partial charge in [0.1, 0.15) is 16.3 Å². The molecular weight excluding hydrogens is 575 g/mol. The van der Waals surface area contributed by atoms with Crippen LogP contribution in [0.15, 0.2) is 84.5 Å². The number of anilines is 1. The molecule has 1 N–H and O–H groups in total. The Hall–Kier alpha value is -4.32. The second-order valence-corrected chi connectivity index (χ2v) is 11.3. The maximum absolute atomic E-state index is 14.0. The van der Waals surface area contributed by atoms with Crippen LogP contribution >= 0.6 is 11.3 Å². The number of halogens is 3. The molecule has 0 aliphatic carbocycles. The summed E-state index contributed by atoms with van der Waals surface area (Å²) in [5.74, 6) is 0.435. The van der Waals surface area contributed by atoms with Crippen molar-refractivity contribution in [3.8, 4) is 22.8 Å². The fraction of sp³-hybridized carbons (Fsp3) is 0.219. The highest BCUT2D eigenvalue weighted by Gasteiger charge is 2.34. The zero-order valence-corrected chi connectivity index (χ0v) is 24.1. The molecule has 2 aromatic carbocycles. The zero-order chi connectivity index (χ0) is 30.0. The average Bonchev–Trinajstić information content (AvgIpc) is 3.48. The lowest BCUT2D eigenvalue weighted by molar-refractivity contribution is -0.138. The average molecular weight is 604 g/mol. The summed E-state index contributed by atoms with van der Waals surface area (Å²) in [6.07, 6.45) is -1.17. The Morgan fingerprint density at radius 2 is 1.79 bits per heavy atom. The Morgan fingerprint density at radius 3 is 2.56 bits per heavy atom. The summed E-state index contributed by atoms with van der Waals surface area (Å²) in [6.45, 7) is 3.22. The minimum atomic E-state index is -4.55. The van der Waals surface area contributed by atoms with Crippen LogP contribution < -0.4 is 10.1 Å². The molecule has 0 radical (unpaired) electrons. The SMILES string of the molecule is CN1CCN(Cc2ccc(NC(=O)c3cccc(Oc4cc(-c5ccncc5)nc5sccc45)c3)cc2C(F)(F)F)CC1. The number of ether oxygens (including phenoxy) is 1. The Balaban J connectivity index is 1.21. The minimum Gasteiger partial charge on any atom is -0.457 e. The summed E-state index contributed by atoms with van der Waals surface area (Å²) in [4.78, 5) is 26.9. The largest absolute Gasteiger partial charge is 0.457 e. The van der Waals surface area contributed by atoms with Crippen LogP contribution in [0, 0.1) is 0 Å². The van der Waals surface area contributed by atoms with Crippen LogP contribution in [-0.4, -0.2) is 58.9 Å². The van der Waals surface area contributed by atoms with E-state index in [0.29, 0.717) is 24.6 Å². The third kappa shape index (κ3) is 6.69. The molecule has 6 rings (SSSR count). The lowest BCUT2D eigenvalue weighted by atomic mass is 10.0. The molecule has 7 nitrogen and oxygen atoms in total. The van der Waals surface area contributed by atoms with Gasteiger partial charge in [0.05, 0.1) is 16.6 Å². The number of hydrogen-bond acceptors (Lipinski definition) is 7. The lowest BCUT2D eigenvalue weighted by Crippen LogP contribution is -2.44. The lowest BCUT2D eigenvalue weighted by Gasteiger charge is -2.33. The number of benzene rings is 2. The quantitative estimate of drug-likeness (QED) is 0.213. The normalized spacial score (nSPS) is 14.6. The molecule has 4 heterocycles. The second kappa shape index (κ2) is 12.1. The number of alkyl halides is 3. The number of thiophene rings is 1. The van der Waals surface area contributed by atoms with Crippen molar-refractivity contribution in [1.29, 1.82) is 0 Å². The first-order valence-corrected chi connectivity index (χ1v) is 14.6. The number of likely N-dealkylation sites (N-methyl/N-ethyl adjacent to an activating group) is 1. The van der Waals surface area contributed by atoms with Crippen molar-refractivity contribution >= 4 is 33.1 Å². The molecule has 0 spiro atoms. The van der Waals surface area contributed by atoms with Gasteiger partial charge in [0.15, 0.2) is 0 Å². The molecule has 1 saturated heterocycles. The summed E-state index contributed by atoms with van der Waals surface area (Å²) in [7, 11) is 2.00. The molecule has 0 atom stereocenters. The van der Waals surface area contributed by atoms with Gasteiger partial charge in [-0.15, -0.1) is 11.3 Å². The standard InChI is InChI=1S/C32H28F3N5O2S/c1-39-12-14-40(15-13-39)20-23-5-6-24(18-27(23)32(33,34)35)37-30(41)22-3-2-4-25(17-22)42-29-19-28(21-7-10-36-11-8-21)38-31-26(29)9-16-43-31/h2-11,16-19H,12-15,20H2,1H3,(H,37,41). The number of amides is 1. The number of piperazine rings is 1. The molecule has 1 fully saturated rings. The van der Waals surface area contributed by atoms with E-state index < -0.39 is 17.6 Å². The molecule has 5 aromatic rings. The zero-order valence-electron chi connectivity index (χ0n) is 23.3. The topological polar surface area (TPSA) is 70.6 Å². The van der Waals surface area contributed by atoms with Crippen LogP contribution in [0.4, 0.5) is 18.9 Å². The highest BCUT2D eigenvalue weighted by molar-refractivity contribution is 7.16. The first-order valence-electron chi connectivity index (χ1n) is 13.7. The molecule has 1 aliphatic heterocycles. The van der Waals surface area contributed by atoms with E-state index in [1.54, 1.807) is 36.7 Å². The predicted molar refractivity (Wildman–Crippen MR) is 162 cm³/mol. The van der Waals surface area contributed by atoms with Crippen molar-refractivity contribution in [3.05, 3.63) is 101 Å². The van der Waals surface area contributed by atoms with E-state index in [0.717, 1.165) is 40.6 Å². The van der Waals surface area contributed by atoms with Crippen LogP contribution in [0.1, 0.15) is 21.5 Å². The van der Waals surface area contributed by atoms with Gasteiger partial charge in [-0.05, 0) is 66.5 Å². The highest BCUT2D eigenvalue weighted by Crippen LogP contribution is 2.37. The number of carbonyl (C=O) groups is 1. The van der Waals surface area contributed by atoms with E-state index >= 15 is 0 Å².